The molecule has 0 unspecified atom stereocenters. The van der Waals surface area contributed by atoms with E-state index in [0.717, 1.165) is 22.6 Å². The van der Waals surface area contributed by atoms with Crippen molar-refractivity contribution >= 4 is 17.1 Å². The third kappa shape index (κ3) is 2.14. The lowest BCUT2D eigenvalue weighted by Crippen LogP contribution is -2.11. The summed E-state index contributed by atoms with van der Waals surface area (Å²) >= 11 is 0. The zero-order chi connectivity index (χ0) is 13.1. The Hall–Kier alpha value is -2.47. The summed E-state index contributed by atoms with van der Waals surface area (Å²) in [7, 11) is 1.93. The summed E-state index contributed by atoms with van der Waals surface area (Å²) in [4.78, 5) is 1.97. The van der Waals surface area contributed by atoms with Crippen LogP contribution >= 0.6 is 0 Å². The number of para-hydroxylation sites is 1. The molecule has 3 heteroatoms. The Balaban J connectivity index is 2.45. The highest BCUT2D eigenvalue weighted by Crippen LogP contribution is 2.28. The van der Waals surface area contributed by atoms with E-state index in [4.69, 9.17) is 11.0 Å². The molecular formula is C15H15N3. The smallest absolute Gasteiger partial charge is 0.101 e. The van der Waals surface area contributed by atoms with Crippen LogP contribution in [0.2, 0.25) is 0 Å². The number of nitrogens with two attached hydrogens (primary N) is 1. The van der Waals surface area contributed by atoms with Crippen LogP contribution in [-0.2, 0) is 0 Å². The molecule has 0 radical (unpaired) electrons. The Morgan fingerprint density at radius 1 is 1.17 bits per heavy atom. The van der Waals surface area contributed by atoms with E-state index >= 15 is 0 Å². The van der Waals surface area contributed by atoms with Crippen LogP contribution in [0.5, 0.6) is 0 Å². The number of rotatable bonds is 2. The van der Waals surface area contributed by atoms with Gasteiger partial charge in [0.25, 0.3) is 0 Å². The second-order valence-corrected chi connectivity index (χ2v) is 4.23. The van der Waals surface area contributed by atoms with E-state index in [1.165, 1.54) is 0 Å². The molecule has 0 bridgehead atoms. The molecule has 0 aliphatic heterocycles. The van der Waals surface area contributed by atoms with E-state index in [1.807, 2.05) is 61.3 Å². The highest BCUT2D eigenvalue weighted by atomic mass is 15.1. The Kier molecular flexibility index (Phi) is 3.20. The Labute approximate surface area is 107 Å². The van der Waals surface area contributed by atoms with Crippen LogP contribution in [0.3, 0.4) is 0 Å². The number of nitriles is 1. The molecule has 0 atom stereocenters. The lowest BCUT2D eigenvalue weighted by Gasteiger charge is -2.21. The number of hydrogen-bond acceptors (Lipinski definition) is 3. The van der Waals surface area contributed by atoms with Crippen LogP contribution in [0.1, 0.15) is 11.1 Å². The molecule has 0 saturated carbocycles. The van der Waals surface area contributed by atoms with Crippen LogP contribution < -0.4 is 10.6 Å². The van der Waals surface area contributed by atoms with E-state index in [0.29, 0.717) is 5.56 Å². The number of hydrogen-bond donors (Lipinski definition) is 1. The first-order chi connectivity index (χ1) is 8.63. The standard InChI is InChI=1S/C15H15N3/c1-11-7-8-13(9-14(11)17)18(2)15-6-4-3-5-12(15)10-16/h3-9H,17H2,1-2H3. The van der Waals surface area contributed by atoms with Crippen molar-refractivity contribution in [3.05, 3.63) is 53.6 Å². The molecule has 2 rings (SSSR count). The second-order valence-electron chi connectivity index (χ2n) is 4.23. The van der Waals surface area contributed by atoms with Gasteiger partial charge in [-0.3, -0.25) is 0 Å². The third-order valence-corrected chi connectivity index (χ3v) is 3.04. The summed E-state index contributed by atoms with van der Waals surface area (Å²) < 4.78 is 0. The van der Waals surface area contributed by atoms with E-state index in [-0.39, 0.29) is 0 Å². The molecule has 0 heterocycles. The molecule has 0 spiro atoms. The topological polar surface area (TPSA) is 53.0 Å². The minimum atomic E-state index is 0.652. The average molecular weight is 237 g/mol. The summed E-state index contributed by atoms with van der Waals surface area (Å²) in [5.74, 6) is 0. The molecule has 2 aromatic rings. The lowest BCUT2D eigenvalue weighted by atomic mass is 10.1. The molecule has 90 valence electrons. The van der Waals surface area contributed by atoms with Gasteiger partial charge in [0.05, 0.1) is 11.3 Å². The summed E-state index contributed by atoms with van der Waals surface area (Å²) in [5, 5.41) is 9.11. The molecule has 3 nitrogen and oxygen atoms in total. The van der Waals surface area contributed by atoms with Gasteiger partial charge in [0.15, 0.2) is 0 Å². The molecule has 2 N–H and O–H groups in total. The number of nitrogen functional groups attached to an aromatic ring is 1. The molecule has 0 aromatic heterocycles. The van der Waals surface area contributed by atoms with Gasteiger partial charge in [0.2, 0.25) is 0 Å². The number of aryl methyl sites for hydroxylation is 1. The fourth-order valence-corrected chi connectivity index (χ4v) is 1.84. The van der Waals surface area contributed by atoms with Crippen LogP contribution in [0.15, 0.2) is 42.5 Å². The molecule has 0 saturated heterocycles. The van der Waals surface area contributed by atoms with Crippen molar-refractivity contribution in [1.82, 2.24) is 0 Å². The van der Waals surface area contributed by atoms with Crippen LogP contribution in [0.25, 0.3) is 0 Å². The van der Waals surface area contributed by atoms with Crippen molar-refractivity contribution in [1.29, 1.82) is 5.26 Å². The van der Waals surface area contributed by atoms with Gasteiger partial charge in [0.1, 0.15) is 6.07 Å². The van der Waals surface area contributed by atoms with Gasteiger partial charge in [-0.25, -0.2) is 0 Å². The Morgan fingerprint density at radius 2 is 1.89 bits per heavy atom. The van der Waals surface area contributed by atoms with E-state index in [2.05, 4.69) is 6.07 Å². The average Bonchev–Trinajstić information content (AvgIpc) is 2.41. The highest BCUT2D eigenvalue weighted by Gasteiger charge is 2.09. The SMILES string of the molecule is Cc1ccc(N(C)c2ccccc2C#N)cc1N. The molecule has 0 fully saturated rings. The van der Waals surface area contributed by atoms with Crippen molar-refractivity contribution in [3.63, 3.8) is 0 Å². The van der Waals surface area contributed by atoms with E-state index in [9.17, 15) is 0 Å². The second kappa shape index (κ2) is 4.80. The minimum absolute atomic E-state index is 0.652. The maximum absolute atomic E-state index is 9.11. The Morgan fingerprint density at radius 3 is 2.56 bits per heavy atom. The number of anilines is 3. The molecule has 2 aromatic carbocycles. The zero-order valence-electron chi connectivity index (χ0n) is 10.5. The molecule has 0 aliphatic rings. The molecule has 0 amide bonds. The predicted molar refractivity (Wildman–Crippen MR) is 74.8 cm³/mol. The van der Waals surface area contributed by atoms with Crippen LogP contribution in [0, 0.1) is 18.3 Å². The first-order valence-corrected chi connectivity index (χ1v) is 5.72. The van der Waals surface area contributed by atoms with Crippen molar-refractivity contribution < 1.29 is 0 Å². The van der Waals surface area contributed by atoms with Crippen molar-refractivity contribution in [2.24, 2.45) is 0 Å². The normalized spacial score (nSPS) is 9.83. The van der Waals surface area contributed by atoms with Crippen LogP contribution in [0.4, 0.5) is 17.1 Å². The minimum Gasteiger partial charge on any atom is -0.398 e. The van der Waals surface area contributed by atoms with Gasteiger partial charge in [-0.2, -0.15) is 5.26 Å². The lowest BCUT2D eigenvalue weighted by molar-refractivity contribution is 1.20. The van der Waals surface area contributed by atoms with Crippen molar-refractivity contribution in [3.8, 4) is 6.07 Å². The van der Waals surface area contributed by atoms with Crippen molar-refractivity contribution in [2.45, 2.75) is 6.92 Å². The van der Waals surface area contributed by atoms with Gasteiger partial charge in [-0.1, -0.05) is 18.2 Å². The zero-order valence-corrected chi connectivity index (χ0v) is 10.5. The van der Waals surface area contributed by atoms with Crippen LogP contribution in [-0.4, -0.2) is 7.05 Å². The van der Waals surface area contributed by atoms with Crippen molar-refractivity contribution in [2.75, 3.05) is 17.7 Å². The highest BCUT2D eigenvalue weighted by molar-refractivity contribution is 5.71. The Bertz CT molecular complexity index is 611. The fraction of sp³-hybridized carbons (Fsp3) is 0.133. The van der Waals surface area contributed by atoms with Gasteiger partial charge >= 0.3 is 0 Å². The van der Waals surface area contributed by atoms with Gasteiger partial charge in [0, 0.05) is 18.4 Å². The maximum atomic E-state index is 9.11. The number of nitrogens with zero attached hydrogens (tertiary/aromatic N) is 2. The fourth-order valence-electron chi connectivity index (χ4n) is 1.84. The molecule has 0 aliphatic carbocycles. The summed E-state index contributed by atoms with van der Waals surface area (Å²) in [6, 6.07) is 15.6. The molecule has 18 heavy (non-hydrogen) atoms. The largest absolute Gasteiger partial charge is 0.398 e. The summed E-state index contributed by atoms with van der Waals surface area (Å²) in [6.07, 6.45) is 0. The quantitative estimate of drug-likeness (QED) is 0.816. The summed E-state index contributed by atoms with van der Waals surface area (Å²) in [5.41, 5.74) is 10.2. The van der Waals surface area contributed by atoms with Gasteiger partial charge < -0.3 is 10.6 Å². The van der Waals surface area contributed by atoms with E-state index in [1.54, 1.807) is 0 Å². The third-order valence-electron chi connectivity index (χ3n) is 3.04. The van der Waals surface area contributed by atoms with Gasteiger partial charge in [-0.05, 0) is 36.8 Å². The van der Waals surface area contributed by atoms with Gasteiger partial charge in [-0.15, -0.1) is 0 Å². The predicted octanol–water partition coefficient (Wildman–Crippen LogP) is 3.22. The number of benzene rings is 2. The summed E-state index contributed by atoms with van der Waals surface area (Å²) in [6.45, 7) is 1.97. The maximum Gasteiger partial charge on any atom is 0.101 e. The van der Waals surface area contributed by atoms with E-state index < -0.39 is 0 Å². The first-order valence-electron chi connectivity index (χ1n) is 5.72. The monoisotopic (exact) mass is 237 g/mol. The molecular weight excluding hydrogens is 222 g/mol. The first kappa shape index (κ1) is 12.0.